The lowest BCUT2D eigenvalue weighted by Crippen LogP contribution is -2.53. The zero-order valence-electron chi connectivity index (χ0n) is 17.3. The summed E-state index contributed by atoms with van der Waals surface area (Å²) in [5.74, 6) is 0. The van der Waals surface area contributed by atoms with Gasteiger partial charge in [-0.15, -0.1) is 12.4 Å². The molecule has 2 amide bonds. The molecule has 1 heterocycles. The van der Waals surface area contributed by atoms with Crippen LogP contribution in [-0.2, 0) is 9.47 Å². The highest BCUT2D eigenvalue weighted by Crippen LogP contribution is 2.16. The minimum atomic E-state index is -0.297. The number of ether oxygens (including phenoxy) is 2. The molecule has 154 valence electrons. The minimum absolute atomic E-state index is 0. The van der Waals surface area contributed by atoms with Crippen LogP contribution in [0.3, 0.4) is 0 Å². The number of halogens is 1. The van der Waals surface area contributed by atoms with Gasteiger partial charge >= 0.3 is 12.2 Å². The van der Waals surface area contributed by atoms with Crippen molar-refractivity contribution in [3.63, 3.8) is 0 Å². The molecule has 0 spiro atoms. The van der Waals surface area contributed by atoms with E-state index in [4.69, 9.17) is 9.47 Å². The van der Waals surface area contributed by atoms with Crippen molar-refractivity contribution in [1.29, 1.82) is 0 Å². The second kappa shape index (κ2) is 10.8. The molecule has 0 unspecified atom stereocenters. The third kappa shape index (κ3) is 8.45. The molecule has 1 saturated heterocycles. The molecule has 0 aromatic rings. The molecule has 0 aliphatic carbocycles. The Morgan fingerprint density at radius 1 is 0.962 bits per heavy atom. The first kappa shape index (κ1) is 24.8. The number of piperazine rings is 1. The lowest BCUT2D eigenvalue weighted by atomic mass is 10.1. The Kier molecular flexibility index (Phi) is 10.3. The molecule has 7 nitrogen and oxygen atoms in total. The molecule has 1 rings (SSSR count). The first-order valence-corrected chi connectivity index (χ1v) is 9.17. The number of nitrogens with zero attached hydrogens (tertiary/aromatic N) is 3. The van der Waals surface area contributed by atoms with Crippen molar-refractivity contribution in [2.45, 2.75) is 66.2 Å². The Bertz CT molecular complexity index is 444. The predicted octanol–water partition coefficient (Wildman–Crippen LogP) is 3.22. The molecule has 8 heteroatoms. The molecule has 1 fully saturated rings. The summed E-state index contributed by atoms with van der Waals surface area (Å²) >= 11 is 0. The van der Waals surface area contributed by atoms with Crippen LogP contribution in [0.5, 0.6) is 0 Å². The van der Waals surface area contributed by atoms with E-state index in [1.165, 1.54) is 0 Å². The van der Waals surface area contributed by atoms with Gasteiger partial charge in [-0.25, -0.2) is 9.59 Å². The minimum Gasteiger partial charge on any atom is -0.447 e. The Labute approximate surface area is 164 Å². The van der Waals surface area contributed by atoms with Crippen molar-refractivity contribution >= 4 is 24.6 Å². The van der Waals surface area contributed by atoms with E-state index in [2.05, 4.69) is 4.90 Å². The van der Waals surface area contributed by atoms with Gasteiger partial charge in [0.2, 0.25) is 0 Å². The third-order valence-electron chi connectivity index (χ3n) is 3.97. The van der Waals surface area contributed by atoms with Crippen molar-refractivity contribution in [1.82, 2.24) is 14.7 Å². The van der Waals surface area contributed by atoms with Gasteiger partial charge in [0.05, 0.1) is 12.2 Å². The van der Waals surface area contributed by atoms with Crippen molar-refractivity contribution in [3.05, 3.63) is 0 Å². The fraction of sp³-hybridized carbons (Fsp3) is 0.889. The number of hydrogen-bond donors (Lipinski definition) is 0. The van der Waals surface area contributed by atoms with E-state index >= 15 is 0 Å². The normalized spacial score (nSPS) is 15.7. The van der Waals surface area contributed by atoms with Crippen LogP contribution >= 0.6 is 12.4 Å². The van der Waals surface area contributed by atoms with E-state index in [1.807, 2.05) is 48.5 Å². The van der Waals surface area contributed by atoms with Crippen molar-refractivity contribution in [3.8, 4) is 0 Å². The van der Waals surface area contributed by atoms with Gasteiger partial charge in [-0.05, 0) is 48.5 Å². The SMILES string of the molecule is CC(C)OC(=O)N1CCN(CCN(C(=O)OC(C)C)C(C)(C)C)CC1.Cl. The van der Waals surface area contributed by atoms with Crippen molar-refractivity contribution in [2.24, 2.45) is 0 Å². The van der Waals surface area contributed by atoms with Crippen molar-refractivity contribution in [2.75, 3.05) is 39.3 Å². The van der Waals surface area contributed by atoms with E-state index in [0.717, 1.165) is 19.6 Å². The Morgan fingerprint density at radius 3 is 1.88 bits per heavy atom. The molecule has 0 atom stereocenters. The van der Waals surface area contributed by atoms with Gasteiger partial charge in [0.15, 0.2) is 0 Å². The summed E-state index contributed by atoms with van der Waals surface area (Å²) in [5.41, 5.74) is -0.297. The zero-order valence-corrected chi connectivity index (χ0v) is 18.1. The average molecular weight is 394 g/mol. The fourth-order valence-electron chi connectivity index (χ4n) is 2.64. The van der Waals surface area contributed by atoms with Crippen molar-refractivity contribution < 1.29 is 19.1 Å². The number of carbonyl (C=O) groups is 2. The molecule has 1 aliphatic heterocycles. The van der Waals surface area contributed by atoms with Gasteiger partial charge in [0, 0.05) is 44.8 Å². The topological polar surface area (TPSA) is 62.3 Å². The summed E-state index contributed by atoms with van der Waals surface area (Å²) in [6.45, 7) is 17.7. The summed E-state index contributed by atoms with van der Waals surface area (Å²) in [5, 5.41) is 0. The first-order valence-electron chi connectivity index (χ1n) is 9.17. The summed E-state index contributed by atoms with van der Waals surface area (Å²) in [4.78, 5) is 30.0. The summed E-state index contributed by atoms with van der Waals surface area (Å²) < 4.78 is 10.6. The predicted molar refractivity (Wildman–Crippen MR) is 105 cm³/mol. The highest BCUT2D eigenvalue weighted by Gasteiger charge is 2.29. The summed E-state index contributed by atoms with van der Waals surface area (Å²) in [7, 11) is 0. The largest absolute Gasteiger partial charge is 0.447 e. The average Bonchev–Trinajstić information content (AvgIpc) is 2.45. The first-order chi connectivity index (χ1) is 11.5. The van der Waals surface area contributed by atoms with E-state index in [1.54, 1.807) is 9.80 Å². The lowest BCUT2D eigenvalue weighted by Gasteiger charge is -2.39. The molecular weight excluding hydrogens is 358 g/mol. The zero-order chi connectivity index (χ0) is 19.2. The van der Waals surface area contributed by atoms with Crippen LogP contribution in [0.15, 0.2) is 0 Å². The van der Waals surface area contributed by atoms with Gasteiger partial charge in [-0.1, -0.05) is 0 Å². The highest BCUT2D eigenvalue weighted by molar-refractivity contribution is 5.85. The Morgan fingerprint density at radius 2 is 1.46 bits per heavy atom. The standard InChI is InChI=1S/C18H35N3O4.ClH/c1-14(2)24-16(22)20-11-8-19(9-12-20)10-13-21(18(5,6)7)17(23)25-15(3)4;/h14-15H,8-13H2,1-7H3;1H. The maximum absolute atomic E-state index is 12.3. The van der Waals surface area contributed by atoms with Gasteiger partial charge < -0.3 is 19.3 Å². The van der Waals surface area contributed by atoms with Gasteiger partial charge in [0.1, 0.15) is 0 Å². The van der Waals surface area contributed by atoms with E-state index in [-0.39, 0.29) is 42.3 Å². The third-order valence-corrected chi connectivity index (χ3v) is 3.97. The highest BCUT2D eigenvalue weighted by atomic mass is 35.5. The summed E-state index contributed by atoms with van der Waals surface area (Å²) in [6, 6.07) is 0. The van der Waals surface area contributed by atoms with Crippen LogP contribution in [0.4, 0.5) is 9.59 Å². The van der Waals surface area contributed by atoms with E-state index in [9.17, 15) is 9.59 Å². The molecule has 0 aromatic carbocycles. The molecular formula is C18H36ClN3O4. The molecule has 0 radical (unpaired) electrons. The number of carbonyl (C=O) groups excluding carboxylic acids is 2. The molecule has 1 aliphatic rings. The van der Waals surface area contributed by atoms with E-state index in [0.29, 0.717) is 19.6 Å². The molecule has 0 aromatic heterocycles. The Hall–Kier alpha value is -1.21. The molecule has 0 N–H and O–H groups in total. The van der Waals surface area contributed by atoms with Crippen LogP contribution in [0.25, 0.3) is 0 Å². The van der Waals surface area contributed by atoms with Gasteiger partial charge in [0.25, 0.3) is 0 Å². The maximum atomic E-state index is 12.3. The quantitative estimate of drug-likeness (QED) is 0.717. The van der Waals surface area contributed by atoms with E-state index < -0.39 is 0 Å². The van der Waals surface area contributed by atoms with Gasteiger partial charge in [-0.3, -0.25) is 4.90 Å². The fourth-order valence-corrected chi connectivity index (χ4v) is 2.64. The smallest absolute Gasteiger partial charge is 0.410 e. The number of rotatable bonds is 5. The van der Waals surface area contributed by atoms with Crippen LogP contribution in [0, 0.1) is 0 Å². The monoisotopic (exact) mass is 393 g/mol. The number of hydrogen-bond acceptors (Lipinski definition) is 5. The summed E-state index contributed by atoms with van der Waals surface area (Å²) in [6.07, 6.45) is -0.751. The van der Waals surface area contributed by atoms with Crippen LogP contribution < -0.4 is 0 Å². The second-order valence-electron chi connectivity index (χ2n) is 8.02. The molecule has 0 saturated carbocycles. The molecule has 0 bridgehead atoms. The van der Waals surface area contributed by atoms with Gasteiger partial charge in [-0.2, -0.15) is 0 Å². The number of amides is 2. The van der Waals surface area contributed by atoms with Crippen LogP contribution in [0.2, 0.25) is 0 Å². The maximum Gasteiger partial charge on any atom is 0.410 e. The molecule has 26 heavy (non-hydrogen) atoms. The van der Waals surface area contributed by atoms with Crippen LogP contribution in [-0.4, -0.2) is 83.9 Å². The Balaban J connectivity index is 0.00000625. The second-order valence-corrected chi connectivity index (χ2v) is 8.02. The lowest BCUT2D eigenvalue weighted by molar-refractivity contribution is 0.0361. The van der Waals surface area contributed by atoms with Crippen LogP contribution in [0.1, 0.15) is 48.5 Å².